The van der Waals surface area contributed by atoms with Gasteiger partial charge in [-0.25, -0.2) is 4.39 Å². The van der Waals surface area contributed by atoms with Crippen molar-refractivity contribution in [1.82, 2.24) is 5.32 Å². The Morgan fingerprint density at radius 1 is 1.44 bits per heavy atom. The molecule has 0 saturated carbocycles. The van der Waals surface area contributed by atoms with Crippen molar-refractivity contribution in [2.24, 2.45) is 0 Å². The lowest BCUT2D eigenvalue weighted by Crippen LogP contribution is -2.22. The van der Waals surface area contributed by atoms with Crippen molar-refractivity contribution < 1.29 is 4.39 Å². The van der Waals surface area contributed by atoms with Crippen molar-refractivity contribution in [2.45, 2.75) is 19.9 Å². The fourth-order valence-corrected chi connectivity index (χ4v) is 3.19. The molecule has 0 aliphatic carbocycles. The predicted octanol–water partition coefficient (Wildman–Crippen LogP) is 4.66. The fourth-order valence-electron chi connectivity index (χ4n) is 1.97. The van der Waals surface area contributed by atoms with Crippen LogP contribution in [0.25, 0.3) is 0 Å². The van der Waals surface area contributed by atoms with Crippen LogP contribution in [0.2, 0.25) is 0 Å². The SMILES string of the molecule is CCNC(c1csc(C)c1)c1cccc(F)c1Br. The van der Waals surface area contributed by atoms with Gasteiger partial charge in [0.2, 0.25) is 0 Å². The monoisotopic (exact) mass is 327 g/mol. The van der Waals surface area contributed by atoms with Crippen LogP contribution in [0.5, 0.6) is 0 Å². The van der Waals surface area contributed by atoms with Gasteiger partial charge < -0.3 is 5.32 Å². The molecule has 1 aromatic carbocycles. The van der Waals surface area contributed by atoms with Crippen LogP contribution >= 0.6 is 27.3 Å². The fraction of sp³-hybridized carbons (Fsp3) is 0.286. The molecule has 0 aliphatic heterocycles. The Bertz CT molecular complexity index is 538. The summed E-state index contributed by atoms with van der Waals surface area (Å²) in [4.78, 5) is 1.26. The lowest BCUT2D eigenvalue weighted by Gasteiger charge is -2.19. The average Bonchev–Trinajstić information content (AvgIpc) is 2.77. The Morgan fingerprint density at radius 3 is 2.83 bits per heavy atom. The Morgan fingerprint density at radius 2 is 2.22 bits per heavy atom. The van der Waals surface area contributed by atoms with E-state index in [0.717, 1.165) is 12.1 Å². The van der Waals surface area contributed by atoms with E-state index in [4.69, 9.17) is 0 Å². The Balaban J connectivity index is 2.44. The van der Waals surface area contributed by atoms with E-state index in [2.05, 4.69) is 46.5 Å². The molecule has 1 unspecified atom stereocenters. The zero-order valence-corrected chi connectivity index (χ0v) is 12.7. The van der Waals surface area contributed by atoms with E-state index >= 15 is 0 Å². The molecule has 96 valence electrons. The summed E-state index contributed by atoms with van der Waals surface area (Å²) >= 11 is 5.06. The van der Waals surface area contributed by atoms with Gasteiger partial charge in [0.1, 0.15) is 5.82 Å². The van der Waals surface area contributed by atoms with Gasteiger partial charge in [0, 0.05) is 4.88 Å². The first-order chi connectivity index (χ1) is 8.63. The van der Waals surface area contributed by atoms with E-state index in [1.54, 1.807) is 17.4 Å². The Hall–Kier alpha value is -0.710. The number of thiophene rings is 1. The topological polar surface area (TPSA) is 12.0 Å². The summed E-state index contributed by atoms with van der Waals surface area (Å²) in [6.45, 7) is 4.97. The quantitative estimate of drug-likeness (QED) is 0.861. The van der Waals surface area contributed by atoms with E-state index < -0.39 is 0 Å². The van der Waals surface area contributed by atoms with Crippen LogP contribution in [-0.4, -0.2) is 6.54 Å². The van der Waals surface area contributed by atoms with E-state index in [9.17, 15) is 4.39 Å². The number of hydrogen-bond acceptors (Lipinski definition) is 2. The number of nitrogens with one attached hydrogen (secondary N) is 1. The first kappa shape index (κ1) is 13.7. The summed E-state index contributed by atoms with van der Waals surface area (Å²) in [5, 5.41) is 5.53. The second-order valence-electron chi connectivity index (χ2n) is 4.12. The molecule has 1 aromatic heterocycles. The summed E-state index contributed by atoms with van der Waals surface area (Å²) in [7, 11) is 0. The minimum Gasteiger partial charge on any atom is -0.306 e. The Labute approximate surface area is 119 Å². The lowest BCUT2D eigenvalue weighted by molar-refractivity contribution is 0.596. The predicted molar refractivity (Wildman–Crippen MR) is 78.7 cm³/mol. The molecule has 4 heteroatoms. The summed E-state index contributed by atoms with van der Waals surface area (Å²) < 4.78 is 14.2. The summed E-state index contributed by atoms with van der Waals surface area (Å²) in [5.41, 5.74) is 2.13. The van der Waals surface area contributed by atoms with Crippen LogP contribution in [0.15, 0.2) is 34.1 Å². The van der Waals surface area contributed by atoms with Gasteiger partial charge in [-0.15, -0.1) is 11.3 Å². The van der Waals surface area contributed by atoms with Crippen LogP contribution < -0.4 is 5.32 Å². The maximum atomic E-state index is 13.6. The largest absolute Gasteiger partial charge is 0.306 e. The molecule has 18 heavy (non-hydrogen) atoms. The van der Waals surface area contributed by atoms with Crippen molar-refractivity contribution in [3.8, 4) is 0 Å². The molecule has 1 atom stereocenters. The van der Waals surface area contributed by atoms with Crippen molar-refractivity contribution in [3.63, 3.8) is 0 Å². The molecule has 0 amide bonds. The highest BCUT2D eigenvalue weighted by molar-refractivity contribution is 9.10. The van der Waals surface area contributed by atoms with Crippen LogP contribution in [0.1, 0.15) is 29.0 Å². The molecular weight excluding hydrogens is 313 g/mol. The maximum absolute atomic E-state index is 13.6. The standard InChI is InChI=1S/C14H15BrFNS/c1-3-17-14(10-7-9(2)18-8-10)11-5-4-6-12(16)13(11)15/h4-8,14,17H,3H2,1-2H3. The molecule has 0 bridgehead atoms. The zero-order chi connectivity index (χ0) is 13.1. The Kier molecular flexibility index (Phi) is 4.54. The number of hydrogen-bond donors (Lipinski definition) is 1. The smallest absolute Gasteiger partial charge is 0.137 e. The van der Waals surface area contributed by atoms with Gasteiger partial charge in [0.15, 0.2) is 0 Å². The van der Waals surface area contributed by atoms with Gasteiger partial charge in [-0.05, 0) is 58.0 Å². The van der Waals surface area contributed by atoms with E-state index in [0.29, 0.717) is 4.47 Å². The summed E-state index contributed by atoms with van der Waals surface area (Å²) in [6, 6.07) is 7.35. The van der Waals surface area contributed by atoms with Crippen LogP contribution in [0.3, 0.4) is 0 Å². The van der Waals surface area contributed by atoms with Crippen molar-refractivity contribution in [2.75, 3.05) is 6.54 Å². The molecule has 0 aliphatic rings. The van der Waals surface area contributed by atoms with E-state index in [-0.39, 0.29) is 11.9 Å². The van der Waals surface area contributed by atoms with Crippen molar-refractivity contribution >= 4 is 27.3 Å². The number of halogens is 2. The number of aryl methyl sites for hydroxylation is 1. The normalized spacial score (nSPS) is 12.7. The molecule has 0 radical (unpaired) electrons. The van der Waals surface area contributed by atoms with Gasteiger partial charge in [-0.1, -0.05) is 19.1 Å². The van der Waals surface area contributed by atoms with Crippen LogP contribution in [0, 0.1) is 12.7 Å². The second kappa shape index (κ2) is 5.95. The molecule has 0 spiro atoms. The first-order valence-electron chi connectivity index (χ1n) is 5.85. The van der Waals surface area contributed by atoms with Gasteiger partial charge >= 0.3 is 0 Å². The van der Waals surface area contributed by atoms with E-state index in [1.165, 1.54) is 16.5 Å². The molecule has 2 rings (SSSR count). The van der Waals surface area contributed by atoms with E-state index in [1.807, 2.05) is 6.07 Å². The van der Waals surface area contributed by atoms with Crippen LogP contribution in [-0.2, 0) is 0 Å². The summed E-state index contributed by atoms with van der Waals surface area (Å²) in [5.74, 6) is -0.220. The van der Waals surface area contributed by atoms with Gasteiger partial charge in [-0.3, -0.25) is 0 Å². The highest BCUT2D eigenvalue weighted by Crippen LogP contribution is 2.32. The lowest BCUT2D eigenvalue weighted by atomic mass is 10.0. The average molecular weight is 328 g/mol. The number of benzene rings is 1. The molecule has 2 aromatic rings. The molecule has 1 nitrogen and oxygen atoms in total. The molecule has 0 saturated heterocycles. The zero-order valence-electron chi connectivity index (χ0n) is 10.3. The number of rotatable bonds is 4. The third kappa shape index (κ3) is 2.82. The maximum Gasteiger partial charge on any atom is 0.137 e. The molecule has 1 N–H and O–H groups in total. The van der Waals surface area contributed by atoms with Gasteiger partial charge in [-0.2, -0.15) is 0 Å². The molecular formula is C14H15BrFNS. The minimum absolute atomic E-state index is 0.0324. The van der Waals surface area contributed by atoms with Crippen LogP contribution in [0.4, 0.5) is 4.39 Å². The molecule has 0 fully saturated rings. The highest BCUT2D eigenvalue weighted by atomic mass is 79.9. The second-order valence-corrected chi connectivity index (χ2v) is 6.03. The first-order valence-corrected chi connectivity index (χ1v) is 7.53. The third-order valence-corrected chi connectivity index (χ3v) is 4.50. The highest BCUT2D eigenvalue weighted by Gasteiger charge is 2.18. The summed E-state index contributed by atoms with van der Waals surface area (Å²) in [6.07, 6.45) is 0. The molecule has 1 heterocycles. The van der Waals surface area contributed by atoms with Crippen molar-refractivity contribution in [1.29, 1.82) is 0 Å². The van der Waals surface area contributed by atoms with Gasteiger partial charge in [0.05, 0.1) is 10.5 Å². The van der Waals surface area contributed by atoms with Gasteiger partial charge in [0.25, 0.3) is 0 Å². The minimum atomic E-state index is -0.220. The van der Waals surface area contributed by atoms with Crippen molar-refractivity contribution in [3.05, 3.63) is 55.9 Å². The third-order valence-electron chi connectivity index (χ3n) is 2.78.